The van der Waals surface area contributed by atoms with Crippen LogP contribution in [0.3, 0.4) is 0 Å². The van der Waals surface area contributed by atoms with Crippen LogP contribution in [0.1, 0.15) is 10.4 Å². The molecular formula is C18H18N2O3. The number of hydrogen-bond donors (Lipinski definition) is 2. The van der Waals surface area contributed by atoms with Gasteiger partial charge in [-0.15, -0.1) is 6.58 Å². The van der Waals surface area contributed by atoms with E-state index in [2.05, 4.69) is 17.2 Å². The summed E-state index contributed by atoms with van der Waals surface area (Å²) in [6.07, 6.45) is 1.55. The summed E-state index contributed by atoms with van der Waals surface area (Å²) in [5.74, 6) is -0.926. The molecule has 0 aliphatic carbocycles. The van der Waals surface area contributed by atoms with E-state index in [4.69, 9.17) is 4.74 Å². The van der Waals surface area contributed by atoms with Crippen LogP contribution in [0.5, 0.6) is 0 Å². The van der Waals surface area contributed by atoms with Gasteiger partial charge < -0.3 is 15.4 Å². The second-order valence-electron chi connectivity index (χ2n) is 4.71. The van der Waals surface area contributed by atoms with Gasteiger partial charge in [-0.2, -0.15) is 0 Å². The molecule has 0 saturated carbocycles. The molecule has 118 valence electrons. The second kappa shape index (κ2) is 8.38. The molecule has 1 amide bonds. The van der Waals surface area contributed by atoms with Crippen LogP contribution in [-0.4, -0.2) is 25.0 Å². The maximum atomic E-state index is 12.2. The molecule has 0 spiro atoms. The number of benzene rings is 2. The molecule has 2 aromatic rings. The minimum absolute atomic E-state index is 0.327. The standard InChI is InChI=1S/C18H18N2O3/c1-2-12-19-17(21)13-23-18(22)15-10-6-7-11-16(15)20-14-8-4-3-5-9-14/h2-11,20H,1,12-13H2,(H,19,21). The minimum atomic E-state index is -0.558. The molecule has 0 fully saturated rings. The molecule has 0 bridgehead atoms. The molecule has 0 saturated heterocycles. The topological polar surface area (TPSA) is 67.4 Å². The van der Waals surface area contributed by atoms with Crippen LogP contribution in [0.4, 0.5) is 11.4 Å². The van der Waals surface area contributed by atoms with Crippen molar-refractivity contribution >= 4 is 23.3 Å². The molecule has 5 nitrogen and oxygen atoms in total. The Balaban J connectivity index is 2.03. The Bertz CT molecular complexity index is 684. The third-order valence-corrected chi connectivity index (χ3v) is 2.98. The summed E-state index contributed by atoms with van der Waals surface area (Å²) in [5.41, 5.74) is 1.85. The lowest BCUT2D eigenvalue weighted by atomic mass is 10.1. The van der Waals surface area contributed by atoms with Gasteiger partial charge in [0, 0.05) is 12.2 Å². The number of amides is 1. The van der Waals surface area contributed by atoms with Crippen molar-refractivity contribution in [2.75, 3.05) is 18.5 Å². The van der Waals surface area contributed by atoms with Gasteiger partial charge in [0.15, 0.2) is 6.61 Å². The first kappa shape index (κ1) is 16.3. The summed E-state index contributed by atoms with van der Waals surface area (Å²) in [4.78, 5) is 23.6. The van der Waals surface area contributed by atoms with E-state index < -0.39 is 5.97 Å². The Morgan fingerprint density at radius 3 is 2.48 bits per heavy atom. The minimum Gasteiger partial charge on any atom is -0.452 e. The third kappa shape index (κ3) is 5.00. The number of esters is 1. The number of hydrogen-bond acceptors (Lipinski definition) is 4. The quantitative estimate of drug-likeness (QED) is 0.609. The number of nitrogens with one attached hydrogen (secondary N) is 2. The van der Waals surface area contributed by atoms with Crippen molar-refractivity contribution < 1.29 is 14.3 Å². The number of ether oxygens (including phenoxy) is 1. The Hall–Kier alpha value is -3.08. The molecule has 0 aliphatic heterocycles. The molecule has 2 aromatic carbocycles. The van der Waals surface area contributed by atoms with Crippen molar-refractivity contribution in [3.63, 3.8) is 0 Å². The predicted octanol–water partition coefficient (Wildman–Crippen LogP) is 2.89. The SMILES string of the molecule is C=CCNC(=O)COC(=O)c1ccccc1Nc1ccccc1. The van der Waals surface area contributed by atoms with Gasteiger partial charge in [-0.25, -0.2) is 4.79 Å². The van der Waals surface area contributed by atoms with Crippen LogP contribution in [0.2, 0.25) is 0 Å². The van der Waals surface area contributed by atoms with E-state index in [-0.39, 0.29) is 12.5 Å². The zero-order valence-corrected chi connectivity index (χ0v) is 12.6. The molecule has 0 aromatic heterocycles. The van der Waals surface area contributed by atoms with Gasteiger partial charge in [-0.05, 0) is 24.3 Å². The summed E-state index contributed by atoms with van der Waals surface area (Å²) < 4.78 is 5.04. The summed E-state index contributed by atoms with van der Waals surface area (Å²) in [7, 11) is 0. The van der Waals surface area contributed by atoms with Gasteiger partial charge in [0.1, 0.15) is 0 Å². The van der Waals surface area contributed by atoms with Crippen molar-refractivity contribution in [3.8, 4) is 0 Å². The molecule has 0 aliphatic rings. The van der Waals surface area contributed by atoms with Crippen molar-refractivity contribution in [1.29, 1.82) is 0 Å². The number of carbonyl (C=O) groups is 2. The maximum Gasteiger partial charge on any atom is 0.340 e. The fourth-order valence-electron chi connectivity index (χ4n) is 1.89. The van der Waals surface area contributed by atoms with Crippen LogP contribution >= 0.6 is 0 Å². The van der Waals surface area contributed by atoms with E-state index in [0.717, 1.165) is 5.69 Å². The molecule has 2 N–H and O–H groups in total. The van der Waals surface area contributed by atoms with Gasteiger partial charge in [0.05, 0.1) is 11.3 Å². The summed E-state index contributed by atoms with van der Waals surface area (Å²) in [6, 6.07) is 16.5. The zero-order valence-electron chi connectivity index (χ0n) is 12.6. The number of rotatable bonds is 7. The second-order valence-corrected chi connectivity index (χ2v) is 4.71. The van der Waals surface area contributed by atoms with Crippen LogP contribution in [0.25, 0.3) is 0 Å². The van der Waals surface area contributed by atoms with E-state index in [9.17, 15) is 9.59 Å². The normalized spacial score (nSPS) is 9.74. The highest BCUT2D eigenvalue weighted by Crippen LogP contribution is 2.21. The van der Waals surface area contributed by atoms with Crippen molar-refractivity contribution in [1.82, 2.24) is 5.32 Å². The summed E-state index contributed by atoms with van der Waals surface area (Å²) in [5, 5.41) is 5.70. The van der Waals surface area contributed by atoms with E-state index in [1.807, 2.05) is 36.4 Å². The number of para-hydroxylation sites is 2. The average Bonchev–Trinajstić information content (AvgIpc) is 2.59. The number of carbonyl (C=O) groups excluding carboxylic acids is 2. The first-order chi connectivity index (χ1) is 11.2. The summed E-state index contributed by atoms with van der Waals surface area (Å²) in [6.45, 7) is 3.51. The molecular weight excluding hydrogens is 292 g/mol. The Morgan fingerprint density at radius 1 is 1.04 bits per heavy atom. The predicted molar refractivity (Wildman–Crippen MR) is 89.7 cm³/mol. The lowest BCUT2D eigenvalue weighted by molar-refractivity contribution is -0.124. The van der Waals surface area contributed by atoms with Crippen LogP contribution in [0, 0.1) is 0 Å². The van der Waals surface area contributed by atoms with E-state index in [1.165, 1.54) is 0 Å². The highest BCUT2D eigenvalue weighted by molar-refractivity contribution is 5.97. The monoisotopic (exact) mass is 310 g/mol. The van der Waals surface area contributed by atoms with Crippen molar-refractivity contribution in [2.24, 2.45) is 0 Å². The Labute approximate surface area is 135 Å². The first-order valence-electron chi connectivity index (χ1n) is 7.16. The van der Waals surface area contributed by atoms with Gasteiger partial charge in [0.2, 0.25) is 0 Å². The van der Waals surface area contributed by atoms with Gasteiger partial charge >= 0.3 is 5.97 Å². The fourth-order valence-corrected chi connectivity index (χ4v) is 1.89. The fraction of sp³-hybridized carbons (Fsp3) is 0.111. The third-order valence-electron chi connectivity index (χ3n) is 2.98. The summed E-state index contributed by atoms with van der Waals surface area (Å²) >= 11 is 0. The van der Waals surface area contributed by atoms with Gasteiger partial charge in [0.25, 0.3) is 5.91 Å². The molecule has 2 rings (SSSR count). The highest BCUT2D eigenvalue weighted by Gasteiger charge is 2.14. The van der Waals surface area contributed by atoms with E-state index >= 15 is 0 Å². The van der Waals surface area contributed by atoms with Crippen molar-refractivity contribution in [3.05, 3.63) is 72.8 Å². The highest BCUT2D eigenvalue weighted by atomic mass is 16.5. The lowest BCUT2D eigenvalue weighted by Gasteiger charge is -2.11. The molecule has 0 radical (unpaired) electrons. The zero-order chi connectivity index (χ0) is 16.5. The Kier molecular flexibility index (Phi) is 5.94. The van der Waals surface area contributed by atoms with E-state index in [1.54, 1.807) is 24.3 Å². The average molecular weight is 310 g/mol. The molecule has 0 heterocycles. The van der Waals surface area contributed by atoms with Crippen LogP contribution < -0.4 is 10.6 Å². The molecule has 23 heavy (non-hydrogen) atoms. The Morgan fingerprint density at radius 2 is 1.74 bits per heavy atom. The first-order valence-corrected chi connectivity index (χ1v) is 7.16. The smallest absolute Gasteiger partial charge is 0.340 e. The van der Waals surface area contributed by atoms with Crippen molar-refractivity contribution in [2.45, 2.75) is 0 Å². The molecule has 0 atom stereocenters. The van der Waals surface area contributed by atoms with Gasteiger partial charge in [-0.3, -0.25) is 4.79 Å². The van der Waals surface area contributed by atoms with Crippen LogP contribution in [0.15, 0.2) is 67.3 Å². The molecule has 5 heteroatoms. The molecule has 0 unspecified atom stereocenters. The number of anilines is 2. The van der Waals surface area contributed by atoms with Crippen LogP contribution in [-0.2, 0) is 9.53 Å². The lowest BCUT2D eigenvalue weighted by Crippen LogP contribution is -2.28. The maximum absolute atomic E-state index is 12.2. The van der Waals surface area contributed by atoms with E-state index in [0.29, 0.717) is 17.8 Å². The van der Waals surface area contributed by atoms with Gasteiger partial charge in [-0.1, -0.05) is 36.4 Å². The largest absolute Gasteiger partial charge is 0.452 e.